The van der Waals surface area contributed by atoms with Gasteiger partial charge in [0.15, 0.2) is 0 Å². The van der Waals surface area contributed by atoms with Crippen molar-refractivity contribution in [1.82, 2.24) is 5.32 Å². The van der Waals surface area contributed by atoms with Crippen LogP contribution in [0.3, 0.4) is 0 Å². The lowest BCUT2D eigenvalue weighted by Gasteiger charge is -2.55. The van der Waals surface area contributed by atoms with Crippen LogP contribution >= 0.6 is 0 Å². The second-order valence-corrected chi connectivity index (χ2v) is 10.9. The van der Waals surface area contributed by atoms with E-state index < -0.39 is 0 Å². The number of rotatable bonds is 6. The van der Waals surface area contributed by atoms with E-state index in [-0.39, 0.29) is 23.3 Å². The fourth-order valence-electron chi connectivity index (χ4n) is 6.94. The van der Waals surface area contributed by atoms with E-state index in [0.29, 0.717) is 11.3 Å². The van der Waals surface area contributed by atoms with Gasteiger partial charge in [0.25, 0.3) is 5.91 Å². The Labute approximate surface area is 196 Å². The van der Waals surface area contributed by atoms with Crippen molar-refractivity contribution in [3.8, 4) is 0 Å². The standard InChI is InChI=1S/C28H35N3O2/c1-18(22-7-5-4-6-8-22)29-26(32)24-14-23(9-10-25(24)31(2)3)30-27(33)28-15-19-11-20(16-28)13-21(12-19)17-28/h4-10,14,18-21H,11-13,15-17H2,1-3H3,(H,29,32)(H,30,33)/t18-,19?,20?,21?,28?/m0/s1. The normalized spacial score (nSPS) is 28.3. The highest BCUT2D eigenvalue weighted by molar-refractivity contribution is 6.03. The molecule has 0 heterocycles. The summed E-state index contributed by atoms with van der Waals surface area (Å²) in [5.41, 5.74) is 2.97. The fourth-order valence-corrected chi connectivity index (χ4v) is 6.94. The number of nitrogens with one attached hydrogen (secondary N) is 2. The molecule has 4 aliphatic carbocycles. The largest absolute Gasteiger partial charge is 0.377 e. The van der Waals surface area contributed by atoms with Gasteiger partial charge in [-0.25, -0.2) is 0 Å². The van der Waals surface area contributed by atoms with Crippen LogP contribution in [0.4, 0.5) is 11.4 Å². The predicted octanol–water partition coefficient (Wildman–Crippen LogP) is 5.40. The Hall–Kier alpha value is -2.82. The molecule has 1 atom stereocenters. The van der Waals surface area contributed by atoms with E-state index in [1.54, 1.807) is 0 Å². The van der Waals surface area contributed by atoms with Crippen molar-refractivity contribution in [1.29, 1.82) is 0 Å². The van der Waals surface area contributed by atoms with Gasteiger partial charge in [-0.1, -0.05) is 30.3 Å². The summed E-state index contributed by atoms with van der Waals surface area (Å²) in [6, 6.07) is 15.5. The van der Waals surface area contributed by atoms with Crippen LogP contribution in [0.2, 0.25) is 0 Å². The average molecular weight is 446 g/mol. The predicted molar refractivity (Wildman–Crippen MR) is 132 cm³/mol. The van der Waals surface area contributed by atoms with E-state index in [4.69, 9.17) is 0 Å². The summed E-state index contributed by atoms with van der Waals surface area (Å²) in [7, 11) is 3.86. The molecule has 6 rings (SSSR count). The molecule has 2 N–H and O–H groups in total. The highest BCUT2D eigenvalue weighted by Gasteiger charge is 2.54. The molecule has 2 aromatic carbocycles. The van der Waals surface area contributed by atoms with Crippen molar-refractivity contribution in [2.75, 3.05) is 24.3 Å². The van der Waals surface area contributed by atoms with Crippen molar-refractivity contribution in [2.24, 2.45) is 23.2 Å². The van der Waals surface area contributed by atoms with E-state index in [0.717, 1.165) is 48.3 Å². The Kier molecular flexibility index (Phi) is 5.67. The smallest absolute Gasteiger partial charge is 0.253 e. The molecule has 0 aromatic heterocycles. The van der Waals surface area contributed by atoms with Crippen molar-refractivity contribution >= 4 is 23.2 Å². The first-order valence-corrected chi connectivity index (χ1v) is 12.3. The molecule has 4 saturated carbocycles. The van der Waals surface area contributed by atoms with Gasteiger partial charge in [0.05, 0.1) is 17.0 Å². The summed E-state index contributed by atoms with van der Waals surface area (Å²) in [5.74, 6) is 2.18. The molecule has 4 aliphatic rings. The quantitative estimate of drug-likeness (QED) is 0.626. The maximum absolute atomic E-state index is 13.5. The number of amides is 2. The summed E-state index contributed by atoms with van der Waals surface area (Å²) in [6.45, 7) is 1.99. The first-order chi connectivity index (χ1) is 15.8. The molecular weight excluding hydrogens is 410 g/mol. The van der Waals surface area contributed by atoms with E-state index >= 15 is 0 Å². The summed E-state index contributed by atoms with van der Waals surface area (Å²) in [4.78, 5) is 28.7. The zero-order chi connectivity index (χ0) is 23.2. The van der Waals surface area contributed by atoms with Crippen LogP contribution in [0.15, 0.2) is 48.5 Å². The fraction of sp³-hybridized carbons (Fsp3) is 0.500. The van der Waals surface area contributed by atoms with Crippen LogP contribution in [0.25, 0.3) is 0 Å². The molecule has 5 nitrogen and oxygen atoms in total. The zero-order valence-corrected chi connectivity index (χ0v) is 19.9. The van der Waals surface area contributed by atoms with Crippen LogP contribution in [-0.2, 0) is 4.79 Å². The number of carbonyl (C=O) groups excluding carboxylic acids is 2. The van der Waals surface area contributed by atoms with Crippen LogP contribution in [0, 0.1) is 23.2 Å². The molecule has 4 bridgehead atoms. The van der Waals surface area contributed by atoms with E-state index in [2.05, 4.69) is 10.6 Å². The highest BCUT2D eigenvalue weighted by Crippen LogP contribution is 2.60. The van der Waals surface area contributed by atoms with E-state index in [9.17, 15) is 9.59 Å². The Morgan fingerprint density at radius 1 is 0.939 bits per heavy atom. The van der Waals surface area contributed by atoms with Crippen LogP contribution < -0.4 is 15.5 Å². The summed E-state index contributed by atoms with van der Waals surface area (Å²) in [6.07, 6.45) is 7.03. The molecule has 33 heavy (non-hydrogen) atoms. The summed E-state index contributed by atoms with van der Waals surface area (Å²) >= 11 is 0. The molecule has 0 radical (unpaired) electrons. The number of benzene rings is 2. The minimum atomic E-state index is -0.209. The summed E-state index contributed by atoms with van der Waals surface area (Å²) in [5, 5.41) is 6.33. The Morgan fingerprint density at radius 2 is 1.55 bits per heavy atom. The van der Waals surface area contributed by atoms with Gasteiger partial charge >= 0.3 is 0 Å². The first-order valence-electron chi connectivity index (χ1n) is 12.3. The molecule has 5 heteroatoms. The molecule has 0 saturated heterocycles. The third kappa shape index (κ3) is 4.25. The van der Waals surface area contributed by atoms with E-state index in [1.165, 1.54) is 19.3 Å². The number of carbonyl (C=O) groups is 2. The van der Waals surface area contributed by atoms with Crippen molar-refractivity contribution in [3.05, 3.63) is 59.7 Å². The molecule has 0 spiro atoms. The number of hydrogen-bond acceptors (Lipinski definition) is 3. The van der Waals surface area contributed by atoms with Gasteiger partial charge in [-0.05, 0) is 87.0 Å². The lowest BCUT2D eigenvalue weighted by molar-refractivity contribution is -0.140. The Bertz CT molecular complexity index is 1010. The molecule has 2 amide bonds. The van der Waals surface area contributed by atoms with Crippen LogP contribution in [-0.4, -0.2) is 25.9 Å². The minimum absolute atomic E-state index is 0.112. The lowest BCUT2D eigenvalue weighted by Crippen LogP contribution is -2.51. The van der Waals surface area contributed by atoms with Crippen molar-refractivity contribution < 1.29 is 9.59 Å². The maximum Gasteiger partial charge on any atom is 0.253 e. The van der Waals surface area contributed by atoms with E-state index in [1.807, 2.05) is 74.4 Å². The second-order valence-electron chi connectivity index (χ2n) is 10.9. The van der Waals surface area contributed by atoms with Gasteiger partial charge in [0.1, 0.15) is 0 Å². The third-order valence-electron chi connectivity index (χ3n) is 8.15. The van der Waals surface area contributed by atoms with Gasteiger partial charge < -0.3 is 15.5 Å². The summed E-state index contributed by atoms with van der Waals surface area (Å²) < 4.78 is 0. The number of hydrogen-bond donors (Lipinski definition) is 2. The minimum Gasteiger partial charge on any atom is -0.377 e. The van der Waals surface area contributed by atoms with Gasteiger partial charge in [-0.15, -0.1) is 0 Å². The first kappa shape index (κ1) is 22.0. The molecular formula is C28H35N3O2. The van der Waals surface area contributed by atoms with Crippen molar-refractivity contribution in [3.63, 3.8) is 0 Å². The second kappa shape index (κ2) is 8.51. The lowest BCUT2D eigenvalue weighted by atomic mass is 9.49. The van der Waals surface area contributed by atoms with Gasteiger partial charge in [-0.2, -0.15) is 0 Å². The number of anilines is 2. The average Bonchev–Trinajstić information content (AvgIpc) is 2.78. The molecule has 4 fully saturated rings. The zero-order valence-electron chi connectivity index (χ0n) is 19.9. The number of nitrogens with zero attached hydrogens (tertiary/aromatic N) is 1. The van der Waals surface area contributed by atoms with Gasteiger partial charge in [0.2, 0.25) is 5.91 Å². The molecule has 2 aromatic rings. The monoisotopic (exact) mass is 445 g/mol. The Balaban J connectivity index is 1.35. The molecule has 174 valence electrons. The topological polar surface area (TPSA) is 61.4 Å². The van der Waals surface area contributed by atoms with Gasteiger partial charge in [0, 0.05) is 25.5 Å². The van der Waals surface area contributed by atoms with Crippen molar-refractivity contribution in [2.45, 2.75) is 51.5 Å². The van der Waals surface area contributed by atoms with Crippen LogP contribution in [0.1, 0.15) is 67.4 Å². The SMILES string of the molecule is C[C@H](NC(=O)c1cc(NC(=O)C23CC4CC(CC(C4)C2)C3)ccc1N(C)C)c1ccccc1. The molecule has 0 aliphatic heterocycles. The van der Waals surface area contributed by atoms with Gasteiger partial charge in [-0.3, -0.25) is 9.59 Å². The highest BCUT2D eigenvalue weighted by atomic mass is 16.2. The third-order valence-corrected chi connectivity index (χ3v) is 8.15. The van der Waals surface area contributed by atoms with Crippen LogP contribution in [0.5, 0.6) is 0 Å². The maximum atomic E-state index is 13.5. The molecule has 0 unspecified atom stereocenters. The Morgan fingerprint density at radius 3 is 2.12 bits per heavy atom.